The van der Waals surface area contributed by atoms with E-state index >= 15 is 0 Å². The SMILES string of the molecule is C[C@H]1O[C@@H](N2C=NC3(N(CCCN(C)C)CC[C@H](N)C(=O)O)C(=N)N=CN=C23)[C@H](O)[C@@H]1O. The summed E-state index contributed by atoms with van der Waals surface area (Å²) in [7, 11) is 3.90. The number of nitrogens with one attached hydrogen (secondary N) is 1. The molecule has 13 nitrogen and oxygen atoms in total. The van der Waals surface area contributed by atoms with Crippen LogP contribution in [0.15, 0.2) is 15.0 Å². The second-order valence-electron chi connectivity index (χ2n) is 8.46. The minimum Gasteiger partial charge on any atom is -0.480 e. The second-order valence-corrected chi connectivity index (χ2v) is 8.46. The van der Waals surface area contributed by atoms with Crippen molar-refractivity contribution < 1.29 is 24.9 Å². The Labute approximate surface area is 186 Å². The van der Waals surface area contributed by atoms with Gasteiger partial charge in [0.1, 0.15) is 24.6 Å². The van der Waals surface area contributed by atoms with Crippen molar-refractivity contribution in [3.63, 3.8) is 0 Å². The van der Waals surface area contributed by atoms with Crippen molar-refractivity contribution in [3.8, 4) is 0 Å². The molecule has 13 heteroatoms. The number of amidine groups is 2. The van der Waals surface area contributed by atoms with Crippen LogP contribution in [-0.4, -0.2) is 130 Å². The number of hydrogen-bond acceptors (Lipinski definition) is 11. The van der Waals surface area contributed by atoms with Crippen LogP contribution in [0.1, 0.15) is 19.8 Å². The minimum atomic E-state index is -1.40. The zero-order chi connectivity index (χ0) is 23.6. The number of carbonyl (C=O) groups is 1. The molecule has 0 spiro atoms. The van der Waals surface area contributed by atoms with Crippen molar-refractivity contribution in [3.05, 3.63) is 0 Å². The van der Waals surface area contributed by atoms with Gasteiger partial charge in [-0.05, 0) is 40.4 Å². The molecule has 0 aromatic rings. The normalized spacial score (nSPS) is 32.7. The number of fused-ring (bicyclic) bond motifs is 1. The Morgan fingerprint density at radius 1 is 1.34 bits per heavy atom. The number of ether oxygens (including phenoxy) is 1. The Morgan fingerprint density at radius 3 is 2.66 bits per heavy atom. The molecule has 3 rings (SSSR count). The van der Waals surface area contributed by atoms with Crippen LogP contribution in [0.5, 0.6) is 0 Å². The summed E-state index contributed by atoms with van der Waals surface area (Å²) in [6, 6.07) is -1.07. The highest BCUT2D eigenvalue weighted by Gasteiger charge is 2.56. The Hall–Kier alpha value is -2.29. The van der Waals surface area contributed by atoms with E-state index in [0.29, 0.717) is 12.4 Å². The van der Waals surface area contributed by atoms with E-state index in [1.807, 2.05) is 23.9 Å². The summed E-state index contributed by atoms with van der Waals surface area (Å²) in [6.07, 6.45) is -0.298. The second kappa shape index (κ2) is 9.68. The van der Waals surface area contributed by atoms with Gasteiger partial charge in [0.05, 0.1) is 12.4 Å². The summed E-state index contributed by atoms with van der Waals surface area (Å²) in [5.74, 6) is -0.893. The van der Waals surface area contributed by atoms with Crippen LogP contribution in [-0.2, 0) is 9.53 Å². The van der Waals surface area contributed by atoms with E-state index in [9.17, 15) is 20.1 Å². The Morgan fingerprint density at radius 2 is 2.06 bits per heavy atom. The number of carboxylic acids is 1. The molecule has 6 N–H and O–H groups in total. The predicted molar refractivity (Wildman–Crippen MR) is 118 cm³/mol. The highest BCUT2D eigenvalue weighted by molar-refractivity contribution is 6.24. The fourth-order valence-corrected chi connectivity index (χ4v) is 4.04. The van der Waals surface area contributed by atoms with E-state index in [4.69, 9.17) is 15.9 Å². The third-order valence-corrected chi connectivity index (χ3v) is 5.89. The van der Waals surface area contributed by atoms with E-state index in [2.05, 4.69) is 15.0 Å². The zero-order valence-electron chi connectivity index (χ0n) is 18.5. The first kappa shape index (κ1) is 24.4. The van der Waals surface area contributed by atoms with Crippen LogP contribution in [0.2, 0.25) is 0 Å². The van der Waals surface area contributed by atoms with Crippen LogP contribution < -0.4 is 5.73 Å². The number of aliphatic hydroxyl groups is 2. The van der Waals surface area contributed by atoms with Gasteiger partial charge < -0.3 is 30.7 Å². The standard InChI is InChI=1S/C19H32N8O5/c1-11-13(28)14(29)15(32-11)27-10-24-19(17(21)22-9-23-18(19)27)26(7-4-6-25(2)3)8-5-12(20)16(30)31/h9-15,21,28-29H,4-8,20H2,1-3H3,(H,30,31)/t11-,12+,13-,14-,15-,19?/m1/s1. The monoisotopic (exact) mass is 452 g/mol. The van der Waals surface area contributed by atoms with Gasteiger partial charge in [-0.3, -0.25) is 20.0 Å². The molecular formula is C19H32N8O5. The summed E-state index contributed by atoms with van der Waals surface area (Å²) in [4.78, 5) is 29.6. The topological polar surface area (TPSA) is 184 Å². The Kier molecular flexibility index (Phi) is 7.37. The molecule has 0 amide bonds. The Balaban J connectivity index is 1.91. The first-order chi connectivity index (χ1) is 15.1. The quantitative estimate of drug-likeness (QED) is 0.249. The maximum Gasteiger partial charge on any atom is 0.320 e. The number of aliphatic imine (C=N–C) groups is 3. The molecule has 0 bridgehead atoms. The third kappa shape index (κ3) is 4.44. The lowest BCUT2D eigenvalue weighted by Crippen LogP contribution is -2.63. The first-order valence-corrected chi connectivity index (χ1v) is 10.5. The number of rotatable bonds is 10. The average Bonchev–Trinajstić information content (AvgIpc) is 3.24. The molecular weight excluding hydrogens is 420 g/mol. The highest BCUT2D eigenvalue weighted by atomic mass is 16.6. The number of aliphatic carboxylic acids is 1. The zero-order valence-corrected chi connectivity index (χ0v) is 18.5. The van der Waals surface area contributed by atoms with Crippen molar-refractivity contribution in [2.75, 3.05) is 33.7 Å². The van der Waals surface area contributed by atoms with Gasteiger partial charge in [-0.1, -0.05) is 0 Å². The first-order valence-electron chi connectivity index (χ1n) is 10.5. The highest BCUT2D eigenvalue weighted by Crippen LogP contribution is 2.34. The largest absolute Gasteiger partial charge is 0.480 e. The van der Waals surface area contributed by atoms with E-state index in [0.717, 1.165) is 13.0 Å². The smallest absolute Gasteiger partial charge is 0.320 e. The number of hydrogen-bond donors (Lipinski definition) is 5. The molecule has 1 fully saturated rings. The van der Waals surface area contributed by atoms with Crippen LogP contribution in [0.25, 0.3) is 0 Å². The summed E-state index contributed by atoms with van der Waals surface area (Å²) in [5.41, 5.74) is 4.34. The summed E-state index contributed by atoms with van der Waals surface area (Å²) >= 11 is 0. The van der Waals surface area contributed by atoms with Gasteiger partial charge >= 0.3 is 5.97 Å². The lowest BCUT2D eigenvalue weighted by molar-refractivity contribution is -0.138. The van der Waals surface area contributed by atoms with E-state index in [-0.39, 0.29) is 18.8 Å². The van der Waals surface area contributed by atoms with Crippen LogP contribution in [0.4, 0.5) is 0 Å². The van der Waals surface area contributed by atoms with Crippen LogP contribution >= 0.6 is 0 Å². The van der Waals surface area contributed by atoms with Gasteiger partial charge in [-0.2, -0.15) is 0 Å². The van der Waals surface area contributed by atoms with Crippen LogP contribution in [0, 0.1) is 5.41 Å². The molecule has 178 valence electrons. The molecule has 1 saturated heterocycles. The van der Waals surface area contributed by atoms with Crippen molar-refractivity contribution in [1.82, 2.24) is 14.7 Å². The summed E-state index contributed by atoms with van der Waals surface area (Å²) < 4.78 is 5.74. The maximum absolute atomic E-state index is 11.3. The summed E-state index contributed by atoms with van der Waals surface area (Å²) in [6.45, 7) is 3.12. The molecule has 0 radical (unpaired) electrons. The van der Waals surface area contributed by atoms with Crippen LogP contribution in [0.3, 0.4) is 0 Å². The molecule has 0 aromatic carbocycles. The fraction of sp³-hybridized carbons (Fsp3) is 0.737. The Bertz CT molecular complexity index is 818. The molecule has 1 unspecified atom stereocenters. The fourth-order valence-electron chi connectivity index (χ4n) is 4.04. The molecule has 0 saturated carbocycles. The van der Waals surface area contributed by atoms with Crippen molar-refractivity contribution in [1.29, 1.82) is 5.41 Å². The molecule has 32 heavy (non-hydrogen) atoms. The van der Waals surface area contributed by atoms with Gasteiger partial charge in [0.25, 0.3) is 0 Å². The number of nitrogens with two attached hydrogens (primary N) is 1. The van der Waals surface area contributed by atoms with Gasteiger partial charge in [-0.25, -0.2) is 15.0 Å². The summed E-state index contributed by atoms with van der Waals surface area (Å²) in [5, 5.41) is 38.4. The van der Waals surface area contributed by atoms with E-state index in [1.165, 1.54) is 17.6 Å². The lowest BCUT2D eigenvalue weighted by Gasteiger charge is -2.41. The maximum atomic E-state index is 11.3. The van der Waals surface area contributed by atoms with Gasteiger partial charge in [0.2, 0.25) is 5.66 Å². The molecule has 3 heterocycles. The molecule has 0 aliphatic carbocycles. The van der Waals surface area contributed by atoms with E-state index in [1.54, 1.807) is 6.92 Å². The molecule has 3 aliphatic rings. The number of carboxylic acid groups (broad SMARTS) is 1. The third-order valence-electron chi connectivity index (χ3n) is 5.89. The van der Waals surface area contributed by atoms with Crippen molar-refractivity contribution >= 4 is 30.3 Å². The molecule has 0 aromatic heterocycles. The molecule has 3 aliphatic heterocycles. The average molecular weight is 453 g/mol. The molecule has 6 atom stereocenters. The number of nitrogens with zero attached hydrogens (tertiary/aromatic N) is 6. The van der Waals surface area contributed by atoms with Crippen molar-refractivity contribution in [2.45, 2.75) is 56.0 Å². The van der Waals surface area contributed by atoms with Gasteiger partial charge in [0, 0.05) is 13.1 Å². The lowest BCUT2D eigenvalue weighted by atomic mass is 10.0. The van der Waals surface area contributed by atoms with E-state index < -0.39 is 42.2 Å². The van der Waals surface area contributed by atoms with Gasteiger partial charge in [0.15, 0.2) is 17.9 Å². The predicted octanol–water partition coefficient (Wildman–Crippen LogP) is -2.03. The number of aliphatic hydroxyl groups excluding tert-OH is 2. The van der Waals surface area contributed by atoms with Gasteiger partial charge in [-0.15, -0.1) is 0 Å². The van der Waals surface area contributed by atoms with Crippen molar-refractivity contribution in [2.24, 2.45) is 20.7 Å². The minimum absolute atomic E-state index is 0.0870.